The Bertz CT molecular complexity index is 305. The van der Waals surface area contributed by atoms with Crippen LogP contribution < -0.4 is 0 Å². The fourth-order valence-corrected chi connectivity index (χ4v) is 1.53. The summed E-state index contributed by atoms with van der Waals surface area (Å²) >= 11 is 17.2. The van der Waals surface area contributed by atoms with Gasteiger partial charge in [0.25, 0.3) is 0 Å². The molecule has 0 saturated heterocycles. The van der Waals surface area contributed by atoms with E-state index in [1.807, 2.05) is 6.07 Å². The zero-order valence-corrected chi connectivity index (χ0v) is 8.55. The van der Waals surface area contributed by atoms with Crippen molar-refractivity contribution in [3.8, 4) is 0 Å². The Kier molecular flexibility index (Phi) is 3.45. The molecule has 0 bridgehead atoms. The number of hydrogen-bond acceptors (Lipinski definition) is 0. The summed E-state index contributed by atoms with van der Waals surface area (Å²) < 4.78 is 0. The molecule has 0 atom stereocenters. The van der Waals surface area contributed by atoms with Crippen molar-refractivity contribution >= 4 is 40.4 Å². The predicted octanol–water partition coefficient (Wildman–Crippen LogP) is 4.25. The zero-order chi connectivity index (χ0) is 9.14. The molecule has 0 saturated carbocycles. The average Bonchev–Trinajstić information content (AvgIpc) is 2.03. The predicted molar refractivity (Wildman–Crippen MR) is 56.2 cm³/mol. The van der Waals surface area contributed by atoms with Crippen LogP contribution in [0.25, 0.3) is 5.57 Å². The minimum atomic E-state index is 0.376. The summed E-state index contributed by atoms with van der Waals surface area (Å²) in [6.45, 7) is 3.77. The van der Waals surface area contributed by atoms with Crippen LogP contribution in [-0.4, -0.2) is 5.88 Å². The second kappa shape index (κ2) is 4.18. The highest BCUT2D eigenvalue weighted by molar-refractivity contribution is 6.36. The van der Waals surface area contributed by atoms with E-state index in [4.69, 9.17) is 34.8 Å². The van der Waals surface area contributed by atoms with E-state index in [0.29, 0.717) is 15.9 Å². The number of benzene rings is 1. The molecule has 0 aliphatic carbocycles. The summed E-state index contributed by atoms with van der Waals surface area (Å²) in [5.74, 6) is 0.376. The third-order valence-electron chi connectivity index (χ3n) is 1.47. The lowest BCUT2D eigenvalue weighted by Gasteiger charge is -2.04. The molecule has 64 valence electrons. The van der Waals surface area contributed by atoms with Crippen molar-refractivity contribution in [1.29, 1.82) is 0 Å². The van der Waals surface area contributed by atoms with Crippen LogP contribution in [0.3, 0.4) is 0 Å². The molecule has 0 aliphatic rings. The second-order valence-electron chi connectivity index (χ2n) is 2.36. The molecule has 12 heavy (non-hydrogen) atoms. The molecule has 0 aliphatic heterocycles. The van der Waals surface area contributed by atoms with Crippen molar-refractivity contribution < 1.29 is 0 Å². The maximum absolute atomic E-state index is 5.90. The van der Waals surface area contributed by atoms with Crippen molar-refractivity contribution in [1.82, 2.24) is 0 Å². The van der Waals surface area contributed by atoms with Crippen molar-refractivity contribution in [2.45, 2.75) is 0 Å². The summed E-state index contributed by atoms with van der Waals surface area (Å²) in [4.78, 5) is 0. The Morgan fingerprint density at radius 3 is 2.50 bits per heavy atom. The monoisotopic (exact) mass is 220 g/mol. The number of allylic oxidation sites excluding steroid dienone is 1. The van der Waals surface area contributed by atoms with Crippen molar-refractivity contribution in [2.24, 2.45) is 0 Å². The van der Waals surface area contributed by atoms with E-state index in [1.165, 1.54) is 0 Å². The summed E-state index contributed by atoms with van der Waals surface area (Å²) in [6.07, 6.45) is 0. The maximum Gasteiger partial charge on any atom is 0.0496 e. The van der Waals surface area contributed by atoms with Gasteiger partial charge in [0.1, 0.15) is 0 Å². The van der Waals surface area contributed by atoms with Gasteiger partial charge < -0.3 is 0 Å². The molecule has 0 fully saturated rings. The van der Waals surface area contributed by atoms with Crippen LogP contribution in [0.2, 0.25) is 10.0 Å². The highest BCUT2D eigenvalue weighted by Crippen LogP contribution is 2.26. The molecule has 0 heterocycles. The Morgan fingerprint density at radius 2 is 2.00 bits per heavy atom. The topological polar surface area (TPSA) is 0 Å². The number of alkyl halides is 1. The van der Waals surface area contributed by atoms with Crippen LogP contribution in [-0.2, 0) is 0 Å². The van der Waals surface area contributed by atoms with Crippen LogP contribution >= 0.6 is 34.8 Å². The summed E-state index contributed by atoms with van der Waals surface area (Å²) in [7, 11) is 0. The number of halogens is 3. The van der Waals surface area contributed by atoms with E-state index in [1.54, 1.807) is 12.1 Å². The van der Waals surface area contributed by atoms with E-state index in [-0.39, 0.29) is 0 Å². The Balaban J connectivity index is 3.09. The summed E-state index contributed by atoms with van der Waals surface area (Å²) in [6, 6.07) is 5.26. The van der Waals surface area contributed by atoms with Gasteiger partial charge in [-0.25, -0.2) is 0 Å². The first-order valence-electron chi connectivity index (χ1n) is 3.34. The van der Waals surface area contributed by atoms with Gasteiger partial charge in [-0.1, -0.05) is 35.8 Å². The first-order valence-corrected chi connectivity index (χ1v) is 4.63. The van der Waals surface area contributed by atoms with Crippen LogP contribution in [0.15, 0.2) is 24.8 Å². The van der Waals surface area contributed by atoms with E-state index in [0.717, 1.165) is 11.1 Å². The maximum atomic E-state index is 5.90. The highest BCUT2D eigenvalue weighted by Gasteiger charge is 2.03. The van der Waals surface area contributed by atoms with E-state index in [9.17, 15) is 0 Å². The van der Waals surface area contributed by atoms with Crippen molar-refractivity contribution in [3.63, 3.8) is 0 Å². The minimum Gasteiger partial charge on any atom is -0.122 e. The quantitative estimate of drug-likeness (QED) is 0.655. The molecule has 3 heteroatoms. The molecular weight excluding hydrogens is 214 g/mol. The molecule has 0 amide bonds. The van der Waals surface area contributed by atoms with Crippen molar-refractivity contribution in [2.75, 3.05) is 5.88 Å². The fourth-order valence-electron chi connectivity index (χ4n) is 0.848. The summed E-state index contributed by atoms with van der Waals surface area (Å²) in [5.41, 5.74) is 1.66. The third kappa shape index (κ3) is 2.16. The van der Waals surface area contributed by atoms with E-state index >= 15 is 0 Å². The average molecular weight is 222 g/mol. The molecule has 0 N–H and O–H groups in total. The van der Waals surface area contributed by atoms with Crippen LogP contribution in [0.4, 0.5) is 0 Å². The molecule has 0 radical (unpaired) electrons. The largest absolute Gasteiger partial charge is 0.122 e. The van der Waals surface area contributed by atoms with E-state index < -0.39 is 0 Å². The SMILES string of the molecule is C=C(CCl)c1ccc(Cl)cc1Cl. The number of rotatable bonds is 2. The number of hydrogen-bond donors (Lipinski definition) is 0. The normalized spacial score (nSPS) is 9.92. The van der Waals surface area contributed by atoms with Gasteiger partial charge in [0.2, 0.25) is 0 Å². The Hall–Kier alpha value is -0.170. The van der Waals surface area contributed by atoms with E-state index in [2.05, 4.69) is 6.58 Å². The van der Waals surface area contributed by atoms with Gasteiger partial charge in [0.05, 0.1) is 0 Å². The molecule has 1 aromatic carbocycles. The van der Waals surface area contributed by atoms with Gasteiger partial charge in [-0.05, 0) is 23.3 Å². The van der Waals surface area contributed by atoms with Crippen molar-refractivity contribution in [3.05, 3.63) is 40.4 Å². The summed E-state index contributed by atoms with van der Waals surface area (Å²) in [5, 5.41) is 1.21. The lowest BCUT2D eigenvalue weighted by molar-refractivity contribution is 1.58. The highest BCUT2D eigenvalue weighted by atomic mass is 35.5. The third-order valence-corrected chi connectivity index (χ3v) is 2.34. The van der Waals surface area contributed by atoms with Gasteiger partial charge in [0, 0.05) is 15.9 Å². The molecule has 1 aromatic rings. The second-order valence-corrected chi connectivity index (χ2v) is 3.47. The van der Waals surface area contributed by atoms with Crippen LogP contribution in [0.5, 0.6) is 0 Å². The van der Waals surface area contributed by atoms with Gasteiger partial charge >= 0.3 is 0 Å². The minimum absolute atomic E-state index is 0.376. The van der Waals surface area contributed by atoms with Gasteiger partial charge in [-0.2, -0.15) is 0 Å². The smallest absolute Gasteiger partial charge is 0.0496 e. The first-order chi connectivity index (χ1) is 5.65. The lowest BCUT2D eigenvalue weighted by atomic mass is 10.1. The Labute approximate surface area is 86.7 Å². The fraction of sp³-hybridized carbons (Fsp3) is 0.111. The van der Waals surface area contributed by atoms with Crippen LogP contribution in [0, 0.1) is 0 Å². The lowest BCUT2D eigenvalue weighted by Crippen LogP contribution is -1.84. The zero-order valence-electron chi connectivity index (χ0n) is 6.28. The molecule has 0 unspecified atom stereocenters. The molecule has 0 nitrogen and oxygen atoms in total. The molecule has 1 rings (SSSR count). The van der Waals surface area contributed by atoms with Gasteiger partial charge in [-0.15, -0.1) is 11.6 Å². The molecular formula is C9H7Cl3. The molecule has 0 spiro atoms. The van der Waals surface area contributed by atoms with Gasteiger partial charge in [-0.3, -0.25) is 0 Å². The van der Waals surface area contributed by atoms with Gasteiger partial charge in [0.15, 0.2) is 0 Å². The Morgan fingerprint density at radius 1 is 1.33 bits per heavy atom. The standard InChI is InChI=1S/C9H7Cl3/c1-6(5-10)8-3-2-7(11)4-9(8)12/h2-4H,1,5H2. The first kappa shape index (κ1) is 9.91. The van der Waals surface area contributed by atoms with Crippen LogP contribution in [0.1, 0.15) is 5.56 Å². The molecule has 0 aromatic heterocycles.